The zero-order valence-electron chi connectivity index (χ0n) is 11.9. The summed E-state index contributed by atoms with van der Waals surface area (Å²) in [5.74, 6) is 0. The van der Waals surface area contributed by atoms with E-state index in [-0.39, 0.29) is 0 Å². The van der Waals surface area contributed by atoms with Crippen LogP contribution in [0.1, 0.15) is 25.7 Å². The number of unbranched alkanes of at least 4 members (excludes halogenated alkanes) is 3. The molecule has 0 aromatic carbocycles. The van der Waals surface area contributed by atoms with Crippen LogP contribution in [0, 0.1) is 0 Å². The SMILES string of the molecule is NCCCCCCN.NCC[NH+](CCN)CCN. The fourth-order valence-electron chi connectivity index (χ4n) is 1.63. The first-order valence-corrected chi connectivity index (χ1v) is 7.10. The second kappa shape index (κ2) is 19.1. The molecule has 18 heavy (non-hydrogen) atoms. The molecule has 0 saturated carbocycles. The van der Waals surface area contributed by atoms with Gasteiger partial charge in [0.1, 0.15) is 0 Å². The van der Waals surface area contributed by atoms with Gasteiger partial charge in [-0.1, -0.05) is 12.8 Å². The summed E-state index contributed by atoms with van der Waals surface area (Å²) in [7, 11) is 0. The lowest BCUT2D eigenvalue weighted by Crippen LogP contribution is -3.14. The minimum atomic E-state index is 0.718. The van der Waals surface area contributed by atoms with Gasteiger partial charge in [0, 0.05) is 19.6 Å². The Bertz CT molecular complexity index is 113. The second-order valence-corrected chi connectivity index (χ2v) is 4.36. The highest BCUT2D eigenvalue weighted by Gasteiger charge is 2.02. The molecule has 0 bridgehead atoms. The van der Waals surface area contributed by atoms with Crippen molar-refractivity contribution in [2.75, 3.05) is 52.4 Å². The van der Waals surface area contributed by atoms with E-state index in [0.29, 0.717) is 0 Å². The Morgan fingerprint density at radius 2 is 0.778 bits per heavy atom. The van der Waals surface area contributed by atoms with Crippen LogP contribution in [-0.2, 0) is 0 Å². The van der Waals surface area contributed by atoms with Crippen LogP contribution in [0.25, 0.3) is 0 Å². The third-order valence-corrected chi connectivity index (χ3v) is 2.65. The highest BCUT2D eigenvalue weighted by molar-refractivity contribution is 4.43. The standard InChI is InChI=1S/C6H18N4.C6H16N2/c7-1-4-10(5-2-8)6-3-9;7-5-3-1-2-4-6-8/h1-9H2;1-8H2/p+1. The van der Waals surface area contributed by atoms with Crippen LogP contribution in [0.4, 0.5) is 0 Å². The van der Waals surface area contributed by atoms with Gasteiger partial charge in [-0.3, -0.25) is 0 Å². The van der Waals surface area contributed by atoms with Crippen molar-refractivity contribution in [2.45, 2.75) is 25.7 Å². The highest BCUT2D eigenvalue weighted by atomic mass is 15.1. The van der Waals surface area contributed by atoms with Crippen molar-refractivity contribution in [3.8, 4) is 0 Å². The van der Waals surface area contributed by atoms with Crippen molar-refractivity contribution < 1.29 is 4.90 Å². The molecule has 6 heteroatoms. The van der Waals surface area contributed by atoms with Crippen LogP contribution in [0.3, 0.4) is 0 Å². The van der Waals surface area contributed by atoms with Gasteiger partial charge in [-0.05, 0) is 25.9 Å². The van der Waals surface area contributed by atoms with Gasteiger partial charge in [-0.15, -0.1) is 0 Å². The van der Waals surface area contributed by atoms with Crippen LogP contribution in [0.15, 0.2) is 0 Å². The van der Waals surface area contributed by atoms with Gasteiger partial charge in [0.25, 0.3) is 0 Å². The largest absolute Gasteiger partial charge is 0.332 e. The molecule has 6 nitrogen and oxygen atoms in total. The van der Waals surface area contributed by atoms with E-state index in [1.165, 1.54) is 17.7 Å². The molecule has 0 amide bonds. The third kappa shape index (κ3) is 18.1. The molecule has 0 spiro atoms. The first-order valence-electron chi connectivity index (χ1n) is 7.10. The van der Waals surface area contributed by atoms with E-state index >= 15 is 0 Å². The molecule has 11 N–H and O–H groups in total. The summed E-state index contributed by atoms with van der Waals surface area (Å²) in [6.07, 6.45) is 4.79. The van der Waals surface area contributed by atoms with Crippen molar-refractivity contribution in [2.24, 2.45) is 28.7 Å². The smallest absolute Gasteiger partial charge is 0.0896 e. The molecule has 0 aromatic rings. The quantitative estimate of drug-likeness (QED) is 0.224. The van der Waals surface area contributed by atoms with E-state index in [1.54, 1.807) is 0 Å². The predicted molar refractivity (Wildman–Crippen MR) is 79.3 cm³/mol. The maximum Gasteiger partial charge on any atom is 0.0896 e. The van der Waals surface area contributed by atoms with E-state index in [4.69, 9.17) is 28.7 Å². The molecule has 0 aromatic heterocycles. The Hall–Kier alpha value is -0.240. The average Bonchev–Trinajstić information content (AvgIpc) is 2.37. The summed E-state index contributed by atoms with van der Waals surface area (Å²) in [5, 5.41) is 0. The predicted octanol–water partition coefficient (Wildman–Crippen LogP) is -2.79. The number of nitrogens with two attached hydrogens (primary N) is 5. The second-order valence-electron chi connectivity index (χ2n) is 4.36. The Labute approximate surface area is 112 Å². The van der Waals surface area contributed by atoms with Gasteiger partial charge in [0.2, 0.25) is 0 Å². The van der Waals surface area contributed by atoms with Crippen LogP contribution in [-0.4, -0.2) is 52.4 Å². The van der Waals surface area contributed by atoms with Crippen LogP contribution >= 0.6 is 0 Å². The van der Waals surface area contributed by atoms with Gasteiger partial charge in [-0.25, -0.2) is 0 Å². The number of hydrogen-bond donors (Lipinski definition) is 6. The molecule has 0 aliphatic carbocycles. The topological polar surface area (TPSA) is 135 Å². The van der Waals surface area contributed by atoms with Gasteiger partial charge >= 0.3 is 0 Å². The molecular formula is C12H35N6+. The Balaban J connectivity index is 0. The van der Waals surface area contributed by atoms with E-state index < -0.39 is 0 Å². The summed E-state index contributed by atoms with van der Waals surface area (Å²) in [6, 6.07) is 0. The monoisotopic (exact) mass is 263 g/mol. The van der Waals surface area contributed by atoms with E-state index in [9.17, 15) is 0 Å². The van der Waals surface area contributed by atoms with Crippen LogP contribution in [0.2, 0.25) is 0 Å². The van der Waals surface area contributed by atoms with E-state index in [2.05, 4.69) is 0 Å². The summed E-state index contributed by atoms with van der Waals surface area (Å²) in [6.45, 7) is 6.74. The molecule has 0 heterocycles. The summed E-state index contributed by atoms with van der Waals surface area (Å²) >= 11 is 0. The minimum Gasteiger partial charge on any atom is -0.332 e. The fraction of sp³-hybridized carbons (Fsp3) is 1.00. The van der Waals surface area contributed by atoms with Gasteiger partial charge < -0.3 is 33.6 Å². The van der Waals surface area contributed by atoms with Crippen molar-refractivity contribution in [1.82, 2.24) is 0 Å². The maximum atomic E-state index is 5.39. The summed E-state index contributed by atoms with van der Waals surface area (Å²) < 4.78 is 0. The van der Waals surface area contributed by atoms with Gasteiger partial charge in [0.05, 0.1) is 19.6 Å². The van der Waals surface area contributed by atoms with Crippen molar-refractivity contribution in [3.05, 3.63) is 0 Å². The van der Waals surface area contributed by atoms with Crippen LogP contribution < -0.4 is 33.6 Å². The van der Waals surface area contributed by atoms with Crippen LogP contribution in [0.5, 0.6) is 0 Å². The number of rotatable bonds is 11. The molecule has 0 radical (unpaired) electrons. The molecule has 0 unspecified atom stereocenters. The Morgan fingerprint density at radius 1 is 0.444 bits per heavy atom. The molecule has 0 saturated heterocycles. The van der Waals surface area contributed by atoms with Gasteiger partial charge in [0.15, 0.2) is 0 Å². The molecule has 112 valence electrons. The lowest BCUT2D eigenvalue weighted by atomic mass is 10.2. The molecule has 0 rings (SSSR count). The van der Waals surface area contributed by atoms with Gasteiger partial charge in [-0.2, -0.15) is 0 Å². The number of nitrogens with one attached hydrogen (secondary N) is 1. The highest BCUT2D eigenvalue weighted by Crippen LogP contribution is 1.95. The molecule has 0 fully saturated rings. The molecular weight excluding hydrogens is 228 g/mol. The zero-order chi connectivity index (χ0) is 14.1. The average molecular weight is 263 g/mol. The summed E-state index contributed by atoms with van der Waals surface area (Å²) in [5.41, 5.74) is 26.7. The summed E-state index contributed by atoms with van der Waals surface area (Å²) in [4.78, 5) is 1.41. The number of hydrogen-bond acceptors (Lipinski definition) is 5. The Kier molecular flexibility index (Phi) is 21.3. The third-order valence-electron chi connectivity index (χ3n) is 2.65. The van der Waals surface area contributed by atoms with Crippen molar-refractivity contribution in [3.63, 3.8) is 0 Å². The lowest BCUT2D eigenvalue weighted by molar-refractivity contribution is -0.895. The van der Waals surface area contributed by atoms with E-state index in [0.717, 1.165) is 65.2 Å². The molecule has 0 aliphatic rings. The normalized spacial score (nSPS) is 10.3. The molecule has 0 atom stereocenters. The van der Waals surface area contributed by atoms with Crippen molar-refractivity contribution >= 4 is 0 Å². The number of quaternary nitrogens is 1. The Morgan fingerprint density at radius 3 is 1.00 bits per heavy atom. The maximum absolute atomic E-state index is 5.39. The van der Waals surface area contributed by atoms with Crippen molar-refractivity contribution in [1.29, 1.82) is 0 Å². The lowest BCUT2D eigenvalue weighted by Gasteiger charge is -2.16. The molecule has 0 aliphatic heterocycles. The fourth-order valence-corrected chi connectivity index (χ4v) is 1.63. The first-order chi connectivity index (χ1) is 8.76. The van der Waals surface area contributed by atoms with E-state index in [1.807, 2.05) is 0 Å². The first kappa shape index (κ1) is 20.1. The zero-order valence-corrected chi connectivity index (χ0v) is 11.9. The minimum absolute atomic E-state index is 0.718.